The lowest BCUT2D eigenvalue weighted by molar-refractivity contribution is 0.442. The van der Waals surface area contributed by atoms with Crippen LogP contribution < -0.4 is 5.32 Å². The first kappa shape index (κ1) is 20.4. The highest BCUT2D eigenvalue weighted by atomic mass is 16.3. The molecular formula is C31H31NO. The fourth-order valence-corrected chi connectivity index (χ4v) is 6.00. The van der Waals surface area contributed by atoms with Gasteiger partial charge in [-0.1, -0.05) is 73.4 Å². The molecule has 1 saturated carbocycles. The van der Waals surface area contributed by atoms with E-state index in [4.69, 9.17) is 4.42 Å². The van der Waals surface area contributed by atoms with Crippen LogP contribution in [0.2, 0.25) is 0 Å². The number of para-hydroxylation sites is 1. The second kappa shape index (κ2) is 7.95. The normalized spacial score (nSPS) is 15.0. The number of anilines is 2. The third-order valence-electron chi connectivity index (χ3n) is 7.50. The predicted molar refractivity (Wildman–Crippen MR) is 141 cm³/mol. The molecule has 5 aromatic rings. The van der Waals surface area contributed by atoms with Crippen molar-refractivity contribution in [3.63, 3.8) is 0 Å². The highest BCUT2D eigenvalue weighted by Crippen LogP contribution is 2.45. The predicted octanol–water partition coefficient (Wildman–Crippen LogP) is 9.46. The Labute approximate surface area is 195 Å². The van der Waals surface area contributed by atoms with Crippen molar-refractivity contribution in [3.05, 3.63) is 82.9 Å². The molecule has 1 aromatic heterocycles. The summed E-state index contributed by atoms with van der Waals surface area (Å²) in [5.74, 6) is 0.587. The highest BCUT2D eigenvalue weighted by molar-refractivity contribution is 6.21. The number of rotatable bonds is 3. The number of fused-ring (bicyclic) bond motifs is 5. The van der Waals surface area contributed by atoms with Crippen LogP contribution in [0.5, 0.6) is 0 Å². The molecule has 1 heterocycles. The Morgan fingerprint density at radius 1 is 0.758 bits per heavy atom. The first-order valence-electron chi connectivity index (χ1n) is 12.3. The van der Waals surface area contributed by atoms with Gasteiger partial charge < -0.3 is 9.73 Å². The summed E-state index contributed by atoms with van der Waals surface area (Å²) in [7, 11) is 0. The van der Waals surface area contributed by atoms with Gasteiger partial charge in [0.05, 0.1) is 5.69 Å². The minimum absolute atomic E-state index is 0.587. The van der Waals surface area contributed by atoms with Gasteiger partial charge in [0.2, 0.25) is 0 Å². The molecule has 1 aliphatic rings. The number of furan rings is 1. The molecular weight excluding hydrogens is 402 g/mol. The van der Waals surface area contributed by atoms with Crippen LogP contribution in [0, 0.1) is 20.8 Å². The van der Waals surface area contributed by atoms with E-state index in [-0.39, 0.29) is 0 Å². The number of hydrogen-bond acceptors (Lipinski definition) is 2. The van der Waals surface area contributed by atoms with Gasteiger partial charge in [0, 0.05) is 16.5 Å². The van der Waals surface area contributed by atoms with Gasteiger partial charge in [-0.25, -0.2) is 0 Å². The van der Waals surface area contributed by atoms with Gasteiger partial charge in [0.25, 0.3) is 0 Å². The Bertz CT molecular complexity index is 1480. The van der Waals surface area contributed by atoms with Gasteiger partial charge in [-0.3, -0.25) is 0 Å². The Kier molecular flexibility index (Phi) is 4.90. The summed E-state index contributed by atoms with van der Waals surface area (Å²) < 4.78 is 6.79. The van der Waals surface area contributed by atoms with E-state index in [0.29, 0.717) is 5.92 Å². The molecule has 1 aliphatic carbocycles. The zero-order chi connectivity index (χ0) is 22.5. The molecule has 0 spiro atoms. The SMILES string of the molecule is Cc1cc(C)c(Nc2cccc3c2oc2c(C4CCCCC4)cc4ccccc4c23)c(C)c1. The van der Waals surface area contributed by atoms with Crippen LogP contribution in [-0.4, -0.2) is 0 Å². The molecule has 0 atom stereocenters. The average Bonchev–Trinajstić information content (AvgIpc) is 3.22. The first-order chi connectivity index (χ1) is 16.1. The van der Waals surface area contributed by atoms with Gasteiger partial charge >= 0.3 is 0 Å². The molecule has 0 unspecified atom stereocenters. The summed E-state index contributed by atoms with van der Waals surface area (Å²) in [5, 5.41) is 8.79. The second-order valence-corrected chi connectivity index (χ2v) is 9.91. The lowest BCUT2D eigenvalue weighted by Crippen LogP contribution is -2.04. The maximum Gasteiger partial charge on any atom is 0.158 e. The molecule has 0 bridgehead atoms. The summed E-state index contributed by atoms with van der Waals surface area (Å²) in [6.45, 7) is 6.51. The van der Waals surface area contributed by atoms with Gasteiger partial charge in [-0.2, -0.15) is 0 Å². The van der Waals surface area contributed by atoms with Crippen molar-refractivity contribution in [2.24, 2.45) is 0 Å². The Balaban J connectivity index is 1.61. The van der Waals surface area contributed by atoms with Crippen LogP contribution in [-0.2, 0) is 0 Å². The molecule has 0 radical (unpaired) electrons. The highest BCUT2D eigenvalue weighted by Gasteiger charge is 2.23. The average molecular weight is 434 g/mol. The molecule has 4 aromatic carbocycles. The molecule has 33 heavy (non-hydrogen) atoms. The fraction of sp³-hybridized carbons (Fsp3) is 0.290. The fourth-order valence-electron chi connectivity index (χ4n) is 6.00. The lowest BCUT2D eigenvalue weighted by Gasteiger charge is -2.22. The van der Waals surface area contributed by atoms with Crippen molar-refractivity contribution < 1.29 is 4.42 Å². The summed E-state index contributed by atoms with van der Waals surface area (Å²) in [6.07, 6.45) is 6.52. The zero-order valence-corrected chi connectivity index (χ0v) is 19.8. The Morgan fingerprint density at radius 3 is 2.27 bits per heavy atom. The van der Waals surface area contributed by atoms with E-state index < -0.39 is 0 Å². The Morgan fingerprint density at radius 2 is 1.48 bits per heavy atom. The summed E-state index contributed by atoms with van der Waals surface area (Å²) >= 11 is 0. The van der Waals surface area contributed by atoms with Crippen molar-refractivity contribution in [1.29, 1.82) is 0 Å². The minimum Gasteiger partial charge on any atom is -0.454 e. The first-order valence-corrected chi connectivity index (χ1v) is 12.3. The van der Waals surface area contributed by atoms with E-state index in [9.17, 15) is 0 Å². The van der Waals surface area contributed by atoms with Gasteiger partial charge in [0.1, 0.15) is 5.58 Å². The largest absolute Gasteiger partial charge is 0.454 e. The van der Waals surface area contributed by atoms with E-state index in [2.05, 4.69) is 86.8 Å². The van der Waals surface area contributed by atoms with E-state index in [1.807, 2.05) is 0 Å². The topological polar surface area (TPSA) is 25.2 Å². The lowest BCUT2D eigenvalue weighted by atomic mass is 9.82. The maximum atomic E-state index is 6.79. The molecule has 6 rings (SSSR count). The number of nitrogens with one attached hydrogen (secondary N) is 1. The summed E-state index contributed by atoms with van der Waals surface area (Å²) in [5.41, 5.74) is 9.46. The maximum absolute atomic E-state index is 6.79. The molecule has 2 heteroatoms. The third kappa shape index (κ3) is 3.40. The van der Waals surface area contributed by atoms with E-state index in [1.165, 1.54) is 81.6 Å². The van der Waals surface area contributed by atoms with Gasteiger partial charge in [0.15, 0.2) is 5.58 Å². The number of hydrogen-bond donors (Lipinski definition) is 1. The second-order valence-electron chi connectivity index (χ2n) is 9.91. The van der Waals surface area contributed by atoms with Gasteiger partial charge in [-0.05, 0) is 79.1 Å². The molecule has 0 aliphatic heterocycles. The summed E-state index contributed by atoms with van der Waals surface area (Å²) in [4.78, 5) is 0. The quantitative estimate of drug-likeness (QED) is 0.306. The van der Waals surface area contributed by atoms with E-state index >= 15 is 0 Å². The molecule has 1 fully saturated rings. The van der Waals surface area contributed by atoms with Crippen molar-refractivity contribution >= 4 is 44.1 Å². The van der Waals surface area contributed by atoms with Crippen LogP contribution in [0.25, 0.3) is 32.7 Å². The number of aryl methyl sites for hydroxylation is 3. The van der Waals surface area contributed by atoms with Crippen LogP contribution in [0.3, 0.4) is 0 Å². The smallest absolute Gasteiger partial charge is 0.158 e. The monoisotopic (exact) mass is 433 g/mol. The molecule has 0 saturated heterocycles. The minimum atomic E-state index is 0.587. The number of benzene rings is 4. The van der Waals surface area contributed by atoms with Crippen LogP contribution >= 0.6 is 0 Å². The van der Waals surface area contributed by atoms with Crippen molar-refractivity contribution in [3.8, 4) is 0 Å². The van der Waals surface area contributed by atoms with Crippen LogP contribution in [0.15, 0.2) is 65.1 Å². The van der Waals surface area contributed by atoms with Crippen molar-refractivity contribution in [2.75, 3.05) is 5.32 Å². The standard InChI is InChI=1S/C31H31NO/c1-19-16-20(2)29(21(3)17-19)32-27-15-9-14-25-28-24-13-8-7-12-23(24)18-26(31(28)33-30(25)27)22-10-5-4-6-11-22/h7-9,12-18,22,32H,4-6,10-11H2,1-3H3. The molecule has 2 nitrogen and oxygen atoms in total. The van der Waals surface area contributed by atoms with Crippen molar-refractivity contribution in [2.45, 2.75) is 58.8 Å². The van der Waals surface area contributed by atoms with E-state index in [0.717, 1.165) is 16.9 Å². The Hall–Kier alpha value is -3.26. The zero-order valence-electron chi connectivity index (χ0n) is 19.8. The van der Waals surface area contributed by atoms with Crippen LogP contribution in [0.4, 0.5) is 11.4 Å². The van der Waals surface area contributed by atoms with E-state index in [1.54, 1.807) is 0 Å². The third-order valence-corrected chi connectivity index (χ3v) is 7.50. The molecule has 0 amide bonds. The molecule has 1 N–H and O–H groups in total. The van der Waals surface area contributed by atoms with Gasteiger partial charge in [-0.15, -0.1) is 0 Å². The van der Waals surface area contributed by atoms with Crippen LogP contribution in [0.1, 0.15) is 60.3 Å². The molecule has 166 valence electrons. The summed E-state index contributed by atoms with van der Waals surface area (Å²) in [6, 6.07) is 22.2. The van der Waals surface area contributed by atoms with Crippen molar-refractivity contribution in [1.82, 2.24) is 0 Å².